The van der Waals surface area contributed by atoms with Gasteiger partial charge in [0.1, 0.15) is 5.75 Å². The Morgan fingerprint density at radius 3 is 2.52 bits per heavy atom. The smallest absolute Gasteiger partial charge is 0.124 e. The second-order valence-corrected chi connectivity index (χ2v) is 8.00. The third-order valence-corrected chi connectivity index (χ3v) is 5.84. The molecular weight excluding hydrogens is 412 g/mol. The molecule has 1 atom stereocenters. The van der Waals surface area contributed by atoms with Gasteiger partial charge >= 0.3 is 0 Å². The zero-order valence-electron chi connectivity index (χ0n) is 18.2. The molecular formula is C27H24N4O2. The number of phenolic OH excluding ortho intramolecular Hbond substituents is 1. The molecule has 164 valence electrons. The van der Waals surface area contributed by atoms with Crippen molar-refractivity contribution in [2.75, 3.05) is 11.9 Å². The highest BCUT2D eigenvalue weighted by Gasteiger charge is 2.17. The number of hydrogen-bond donors (Lipinski definition) is 4. The van der Waals surface area contributed by atoms with E-state index in [0.29, 0.717) is 11.3 Å². The van der Waals surface area contributed by atoms with Crippen molar-refractivity contribution in [3.63, 3.8) is 0 Å². The number of fused-ring (bicyclic) bond motifs is 1. The summed E-state index contributed by atoms with van der Waals surface area (Å²) in [5.41, 5.74) is 6.81. The van der Waals surface area contributed by atoms with Gasteiger partial charge in [0.05, 0.1) is 41.4 Å². The summed E-state index contributed by atoms with van der Waals surface area (Å²) < 4.78 is 0. The van der Waals surface area contributed by atoms with Crippen LogP contribution in [-0.2, 0) is 0 Å². The third-order valence-electron chi connectivity index (χ3n) is 5.84. The number of phenols is 1. The van der Waals surface area contributed by atoms with Gasteiger partial charge in [-0.1, -0.05) is 48.5 Å². The lowest BCUT2D eigenvalue weighted by Gasteiger charge is -2.19. The molecule has 5 aromatic rings. The molecule has 0 amide bonds. The lowest BCUT2D eigenvalue weighted by molar-refractivity contribution is 0.276. The quantitative estimate of drug-likeness (QED) is 0.284. The van der Waals surface area contributed by atoms with Crippen molar-refractivity contribution in [3.05, 3.63) is 96.3 Å². The van der Waals surface area contributed by atoms with E-state index < -0.39 is 0 Å². The zero-order chi connectivity index (χ0) is 22.8. The first kappa shape index (κ1) is 20.7. The van der Waals surface area contributed by atoms with Gasteiger partial charge in [-0.2, -0.15) is 5.10 Å². The minimum absolute atomic E-state index is 0.0548. The highest BCUT2D eigenvalue weighted by atomic mass is 16.3. The van der Waals surface area contributed by atoms with Gasteiger partial charge in [0.2, 0.25) is 0 Å². The number of hydrogen-bond acceptors (Lipinski definition) is 5. The van der Waals surface area contributed by atoms with Crippen molar-refractivity contribution in [3.8, 4) is 28.1 Å². The van der Waals surface area contributed by atoms with Gasteiger partial charge in [-0.15, -0.1) is 0 Å². The van der Waals surface area contributed by atoms with Crippen molar-refractivity contribution in [1.82, 2.24) is 15.2 Å². The van der Waals surface area contributed by atoms with Crippen LogP contribution in [0.4, 0.5) is 5.69 Å². The van der Waals surface area contributed by atoms with Crippen LogP contribution in [0.1, 0.15) is 17.3 Å². The van der Waals surface area contributed by atoms with E-state index in [4.69, 9.17) is 4.98 Å². The third kappa shape index (κ3) is 4.04. The Labute approximate surface area is 191 Å². The van der Waals surface area contributed by atoms with Gasteiger partial charge < -0.3 is 15.5 Å². The molecule has 2 aromatic heterocycles. The van der Waals surface area contributed by atoms with Crippen LogP contribution in [-0.4, -0.2) is 32.0 Å². The minimum Gasteiger partial charge on any atom is -0.507 e. The van der Waals surface area contributed by atoms with Gasteiger partial charge in [0.15, 0.2) is 0 Å². The number of aromatic hydroxyl groups is 1. The van der Waals surface area contributed by atoms with E-state index >= 15 is 0 Å². The number of H-pyrrole nitrogens is 1. The summed E-state index contributed by atoms with van der Waals surface area (Å²) in [6, 6.07) is 24.9. The summed E-state index contributed by atoms with van der Waals surface area (Å²) in [7, 11) is 0. The van der Waals surface area contributed by atoms with E-state index in [9.17, 15) is 10.2 Å². The summed E-state index contributed by atoms with van der Waals surface area (Å²) in [5.74, 6) is 0.171. The van der Waals surface area contributed by atoms with Gasteiger partial charge in [-0.3, -0.25) is 10.1 Å². The van der Waals surface area contributed by atoms with Gasteiger partial charge in [0, 0.05) is 16.5 Å². The van der Waals surface area contributed by atoms with Crippen LogP contribution in [0, 0.1) is 6.92 Å². The predicted molar refractivity (Wildman–Crippen MR) is 131 cm³/mol. The van der Waals surface area contributed by atoms with Gasteiger partial charge in [0.25, 0.3) is 0 Å². The van der Waals surface area contributed by atoms with Crippen LogP contribution in [0.5, 0.6) is 5.75 Å². The van der Waals surface area contributed by atoms with Crippen molar-refractivity contribution >= 4 is 16.6 Å². The SMILES string of the molecule is Cc1n[nH]c2ccc(-c3cc(NC(CO)c4ccccc4)cnc3-c3ccccc3O)cc12. The molecule has 1 unspecified atom stereocenters. The maximum absolute atomic E-state index is 10.5. The fourth-order valence-electron chi connectivity index (χ4n) is 4.09. The fourth-order valence-corrected chi connectivity index (χ4v) is 4.09. The molecule has 0 radical (unpaired) electrons. The lowest BCUT2D eigenvalue weighted by atomic mass is 9.97. The molecule has 4 N–H and O–H groups in total. The van der Waals surface area contributed by atoms with Crippen molar-refractivity contribution in [1.29, 1.82) is 0 Å². The average Bonchev–Trinajstić information content (AvgIpc) is 3.23. The number of para-hydroxylation sites is 1. The number of pyridine rings is 1. The van der Waals surface area contributed by atoms with E-state index in [1.807, 2.05) is 67.6 Å². The molecule has 0 fully saturated rings. The molecule has 0 bridgehead atoms. The normalized spacial score (nSPS) is 12.1. The summed E-state index contributed by atoms with van der Waals surface area (Å²) in [5, 5.41) is 32.3. The first-order chi connectivity index (χ1) is 16.1. The van der Waals surface area contributed by atoms with Crippen molar-refractivity contribution in [2.45, 2.75) is 13.0 Å². The van der Waals surface area contributed by atoms with Crippen LogP contribution in [0.3, 0.4) is 0 Å². The second kappa shape index (κ2) is 8.76. The molecule has 6 nitrogen and oxygen atoms in total. The standard InChI is InChI=1S/C27H24N4O2/c1-17-22-13-19(11-12-24(22)31-30-17)23-14-20(29-25(16-32)18-7-3-2-4-8-18)15-28-27(23)21-9-5-6-10-26(21)33/h2-15,25,29,32-33H,16H2,1H3,(H,30,31). The first-order valence-corrected chi connectivity index (χ1v) is 10.8. The second-order valence-electron chi connectivity index (χ2n) is 8.00. The number of aryl methyl sites for hydroxylation is 1. The first-order valence-electron chi connectivity index (χ1n) is 10.8. The molecule has 0 saturated heterocycles. The molecule has 0 saturated carbocycles. The maximum Gasteiger partial charge on any atom is 0.124 e. The molecule has 5 rings (SSSR count). The van der Waals surface area contributed by atoms with Crippen LogP contribution >= 0.6 is 0 Å². The summed E-state index contributed by atoms with van der Waals surface area (Å²) in [4.78, 5) is 4.73. The zero-order valence-corrected chi connectivity index (χ0v) is 18.2. The van der Waals surface area contributed by atoms with Crippen molar-refractivity contribution < 1.29 is 10.2 Å². The van der Waals surface area contributed by atoms with Crippen LogP contribution in [0.25, 0.3) is 33.3 Å². The van der Waals surface area contributed by atoms with Crippen LogP contribution in [0.2, 0.25) is 0 Å². The summed E-state index contributed by atoms with van der Waals surface area (Å²) in [6.07, 6.45) is 1.73. The topological polar surface area (TPSA) is 94.1 Å². The number of aliphatic hydroxyl groups excluding tert-OH is 1. The lowest BCUT2D eigenvalue weighted by Crippen LogP contribution is -2.15. The molecule has 0 aliphatic carbocycles. The van der Waals surface area contributed by atoms with E-state index in [2.05, 4.69) is 21.6 Å². The molecule has 2 heterocycles. The Kier molecular flexibility index (Phi) is 5.50. The monoisotopic (exact) mass is 436 g/mol. The number of nitrogens with zero attached hydrogens (tertiary/aromatic N) is 2. The van der Waals surface area contributed by atoms with E-state index in [1.165, 1.54) is 0 Å². The van der Waals surface area contributed by atoms with Gasteiger partial charge in [-0.25, -0.2) is 0 Å². The Morgan fingerprint density at radius 2 is 1.73 bits per heavy atom. The van der Waals surface area contributed by atoms with E-state index in [-0.39, 0.29) is 18.4 Å². The molecule has 0 aliphatic heterocycles. The van der Waals surface area contributed by atoms with Crippen LogP contribution in [0.15, 0.2) is 85.1 Å². The maximum atomic E-state index is 10.5. The summed E-state index contributed by atoms with van der Waals surface area (Å²) >= 11 is 0. The highest BCUT2D eigenvalue weighted by Crippen LogP contribution is 2.38. The Balaban J connectivity index is 1.63. The number of rotatable bonds is 6. The van der Waals surface area contributed by atoms with Gasteiger partial charge in [-0.05, 0) is 48.4 Å². The van der Waals surface area contributed by atoms with Crippen LogP contribution < -0.4 is 5.32 Å². The Hall–Kier alpha value is -4.16. The fraction of sp³-hybridized carbons (Fsp3) is 0.111. The molecule has 0 aliphatic rings. The van der Waals surface area contributed by atoms with E-state index in [1.54, 1.807) is 18.3 Å². The number of aliphatic hydroxyl groups is 1. The highest BCUT2D eigenvalue weighted by molar-refractivity contribution is 5.91. The minimum atomic E-state index is -0.268. The Morgan fingerprint density at radius 1 is 0.939 bits per heavy atom. The number of aromatic amines is 1. The molecule has 3 aromatic carbocycles. The average molecular weight is 437 g/mol. The van der Waals surface area contributed by atoms with Crippen molar-refractivity contribution in [2.24, 2.45) is 0 Å². The summed E-state index contributed by atoms with van der Waals surface area (Å²) in [6.45, 7) is 1.91. The number of anilines is 1. The van der Waals surface area contributed by atoms with E-state index in [0.717, 1.165) is 39.0 Å². The molecule has 33 heavy (non-hydrogen) atoms. The number of benzene rings is 3. The number of nitrogens with one attached hydrogen (secondary N) is 2. The molecule has 6 heteroatoms. The largest absolute Gasteiger partial charge is 0.507 e. The molecule has 0 spiro atoms. The Bertz CT molecular complexity index is 1410. The number of aromatic nitrogens is 3. The predicted octanol–water partition coefficient (Wildman–Crippen LogP) is 5.45.